The number of benzene rings is 2. The highest BCUT2D eigenvalue weighted by Gasteiger charge is 2.07. The van der Waals surface area contributed by atoms with E-state index < -0.39 is 0 Å². The Morgan fingerprint density at radius 3 is 2.17 bits per heavy atom. The van der Waals surface area contributed by atoms with Gasteiger partial charge in [0.1, 0.15) is 11.6 Å². The Morgan fingerprint density at radius 1 is 0.897 bits per heavy atom. The number of carbonyl (C=O) groups is 2. The lowest BCUT2D eigenvalue weighted by Crippen LogP contribution is -2.15. The Kier molecular flexibility index (Phi) is 6.42. The summed E-state index contributed by atoms with van der Waals surface area (Å²) in [7, 11) is 2.95. The lowest BCUT2D eigenvalue weighted by molar-refractivity contribution is -0.115. The molecule has 0 aliphatic heterocycles. The van der Waals surface area contributed by atoms with Crippen molar-refractivity contribution in [1.29, 1.82) is 0 Å². The fourth-order valence-electron chi connectivity index (χ4n) is 2.63. The van der Waals surface area contributed by atoms with Crippen molar-refractivity contribution in [1.82, 2.24) is 4.98 Å². The normalized spacial score (nSPS) is 10.1. The van der Waals surface area contributed by atoms with Gasteiger partial charge in [0.25, 0.3) is 0 Å². The van der Waals surface area contributed by atoms with E-state index in [0.717, 1.165) is 22.7 Å². The summed E-state index contributed by atoms with van der Waals surface area (Å²) in [6, 6.07) is 17.8. The molecule has 0 spiro atoms. The van der Waals surface area contributed by atoms with Gasteiger partial charge in [-0.2, -0.15) is 0 Å². The smallest absolute Gasteiger partial charge is 0.337 e. The van der Waals surface area contributed by atoms with Crippen LogP contribution in [0.2, 0.25) is 0 Å². The van der Waals surface area contributed by atoms with Crippen LogP contribution < -0.4 is 15.4 Å². The average Bonchev–Trinajstić information content (AvgIpc) is 2.75. The van der Waals surface area contributed by atoms with Gasteiger partial charge in [-0.15, -0.1) is 0 Å². The number of hydrogen-bond acceptors (Lipinski definition) is 6. The van der Waals surface area contributed by atoms with Crippen molar-refractivity contribution in [2.24, 2.45) is 0 Å². The zero-order valence-electron chi connectivity index (χ0n) is 16.1. The summed E-state index contributed by atoms with van der Waals surface area (Å²) in [5.74, 6) is 0.684. The van der Waals surface area contributed by atoms with E-state index in [4.69, 9.17) is 4.74 Å². The summed E-state index contributed by atoms with van der Waals surface area (Å²) >= 11 is 0. The first-order valence-electron chi connectivity index (χ1n) is 8.91. The van der Waals surface area contributed by atoms with Gasteiger partial charge in [-0.3, -0.25) is 4.79 Å². The zero-order chi connectivity index (χ0) is 20.6. The summed E-state index contributed by atoms with van der Waals surface area (Å²) in [5.41, 5.74) is 2.92. The van der Waals surface area contributed by atoms with E-state index in [0.29, 0.717) is 11.4 Å². The van der Waals surface area contributed by atoms with Gasteiger partial charge >= 0.3 is 5.97 Å². The molecular weight excluding hydrogens is 370 g/mol. The second kappa shape index (κ2) is 9.36. The summed E-state index contributed by atoms with van der Waals surface area (Å²) in [6.07, 6.45) is 1.87. The van der Waals surface area contributed by atoms with Crippen molar-refractivity contribution in [3.8, 4) is 5.75 Å². The van der Waals surface area contributed by atoms with Crippen LogP contribution >= 0.6 is 0 Å². The molecule has 7 nitrogen and oxygen atoms in total. The van der Waals surface area contributed by atoms with E-state index in [2.05, 4.69) is 20.4 Å². The Labute approximate surface area is 168 Å². The maximum atomic E-state index is 12.2. The van der Waals surface area contributed by atoms with Gasteiger partial charge in [0.2, 0.25) is 5.91 Å². The standard InChI is InChI=1S/C22H21N3O4/c1-28-19-10-3-15(4-11-19)13-21(26)25-20-12-9-18(14-23-20)24-17-7-5-16(6-8-17)22(27)29-2/h3-12,14,24H,13H2,1-2H3,(H,23,25,26). The van der Waals surface area contributed by atoms with Crippen LogP contribution in [0.15, 0.2) is 66.9 Å². The second-order valence-electron chi connectivity index (χ2n) is 6.20. The van der Waals surface area contributed by atoms with Crippen LogP contribution in [0.4, 0.5) is 17.2 Å². The summed E-state index contributed by atoms with van der Waals surface area (Å²) in [6.45, 7) is 0. The predicted molar refractivity (Wildman–Crippen MR) is 111 cm³/mol. The topological polar surface area (TPSA) is 89.6 Å². The van der Waals surface area contributed by atoms with Crippen LogP contribution in [0.3, 0.4) is 0 Å². The van der Waals surface area contributed by atoms with Crippen LogP contribution in [0.25, 0.3) is 0 Å². The minimum Gasteiger partial charge on any atom is -0.497 e. The van der Waals surface area contributed by atoms with E-state index in [1.54, 1.807) is 43.6 Å². The molecule has 0 saturated carbocycles. The molecule has 29 heavy (non-hydrogen) atoms. The highest BCUT2D eigenvalue weighted by atomic mass is 16.5. The van der Waals surface area contributed by atoms with E-state index in [1.165, 1.54) is 7.11 Å². The van der Waals surface area contributed by atoms with Crippen molar-refractivity contribution < 1.29 is 19.1 Å². The Bertz CT molecular complexity index is 968. The average molecular weight is 391 g/mol. The number of anilines is 3. The van der Waals surface area contributed by atoms with Crippen molar-refractivity contribution >= 4 is 29.1 Å². The van der Waals surface area contributed by atoms with Gasteiger partial charge in [-0.05, 0) is 54.1 Å². The first-order chi connectivity index (χ1) is 14.1. The van der Waals surface area contributed by atoms with Crippen molar-refractivity contribution in [3.05, 3.63) is 78.0 Å². The summed E-state index contributed by atoms with van der Waals surface area (Å²) < 4.78 is 9.79. The monoisotopic (exact) mass is 391 g/mol. The number of carbonyl (C=O) groups excluding carboxylic acids is 2. The molecular formula is C22H21N3O4. The third-order valence-electron chi connectivity index (χ3n) is 4.15. The molecule has 2 aromatic carbocycles. The molecule has 3 rings (SSSR count). The number of nitrogens with one attached hydrogen (secondary N) is 2. The molecule has 0 aliphatic rings. The third kappa shape index (κ3) is 5.55. The molecule has 0 unspecified atom stereocenters. The number of rotatable bonds is 7. The number of pyridine rings is 1. The van der Waals surface area contributed by atoms with Gasteiger partial charge in [-0.25, -0.2) is 9.78 Å². The number of amides is 1. The fraction of sp³-hybridized carbons (Fsp3) is 0.136. The van der Waals surface area contributed by atoms with Gasteiger partial charge in [-0.1, -0.05) is 12.1 Å². The maximum absolute atomic E-state index is 12.2. The molecule has 0 aliphatic carbocycles. The highest BCUT2D eigenvalue weighted by molar-refractivity contribution is 5.91. The maximum Gasteiger partial charge on any atom is 0.337 e. The number of nitrogens with zero attached hydrogens (tertiary/aromatic N) is 1. The van der Waals surface area contributed by atoms with Crippen LogP contribution in [0.5, 0.6) is 5.75 Å². The van der Waals surface area contributed by atoms with Crippen LogP contribution in [-0.4, -0.2) is 31.1 Å². The number of ether oxygens (including phenoxy) is 2. The summed E-state index contributed by atoms with van der Waals surface area (Å²) in [4.78, 5) is 27.9. The Balaban J connectivity index is 1.55. The first kappa shape index (κ1) is 19.9. The van der Waals surface area contributed by atoms with Gasteiger partial charge in [0.15, 0.2) is 0 Å². The van der Waals surface area contributed by atoms with Crippen LogP contribution in [0, 0.1) is 0 Å². The highest BCUT2D eigenvalue weighted by Crippen LogP contribution is 2.18. The van der Waals surface area contributed by atoms with E-state index in [1.807, 2.05) is 30.3 Å². The molecule has 0 atom stereocenters. The molecule has 1 amide bonds. The molecule has 1 heterocycles. The van der Waals surface area contributed by atoms with E-state index >= 15 is 0 Å². The van der Waals surface area contributed by atoms with Crippen molar-refractivity contribution in [2.75, 3.05) is 24.9 Å². The van der Waals surface area contributed by atoms with Gasteiger partial charge in [0, 0.05) is 5.69 Å². The Hall–Kier alpha value is -3.87. The van der Waals surface area contributed by atoms with Crippen molar-refractivity contribution in [3.63, 3.8) is 0 Å². The SMILES string of the molecule is COC(=O)c1ccc(Nc2ccc(NC(=O)Cc3ccc(OC)cc3)nc2)cc1. The molecule has 0 bridgehead atoms. The third-order valence-corrected chi connectivity index (χ3v) is 4.15. The van der Waals surface area contributed by atoms with Crippen molar-refractivity contribution in [2.45, 2.75) is 6.42 Å². The van der Waals surface area contributed by atoms with Gasteiger partial charge < -0.3 is 20.1 Å². The zero-order valence-corrected chi connectivity index (χ0v) is 16.1. The number of esters is 1. The second-order valence-corrected chi connectivity index (χ2v) is 6.20. The minimum atomic E-state index is -0.382. The molecule has 148 valence electrons. The Morgan fingerprint density at radius 2 is 1.59 bits per heavy atom. The van der Waals surface area contributed by atoms with Crippen LogP contribution in [-0.2, 0) is 16.0 Å². The number of hydrogen-bond donors (Lipinski definition) is 2. The molecule has 1 aromatic heterocycles. The molecule has 2 N–H and O–H groups in total. The molecule has 0 radical (unpaired) electrons. The first-order valence-corrected chi connectivity index (χ1v) is 8.91. The number of aromatic nitrogens is 1. The lowest BCUT2D eigenvalue weighted by atomic mass is 10.1. The molecule has 7 heteroatoms. The molecule has 0 fully saturated rings. The fourth-order valence-corrected chi connectivity index (χ4v) is 2.63. The summed E-state index contributed by atoms with van der Waals surface area (Å²) in [5, 5.41) is 5.96. The minimum absolute atomic E-state index is 0.151. The van der Waals surface area contributed by atoms with Gasteiger partial charge in [0.05, 0.1) is 38.1 Å². The van der Waals surface area contributed by atoms with E-state index in [9.17, 15) is 9.59 Å². The molecule has 3 aromatic rings. The van der Waals surface area contributed by atoms with Crippen LogP contribution in [0.1, 0.15) is 15.9 Å². The van der Waals surface area contributed by atoms with E-state index in [-0.39, 0.29) is 18.3 Å². The predicted octanol–water partition coefficient (Wildman–Crippen LogP) is 3.80. The largest absolute Gasteiger partial charge is 0.497 e. The number of methoxy groups -OCH3 is 2. The quantitative estimate of drug-likeness (QED) is 0.596. The molecule has 0 saturated heterocycles. The lowest BCUT2D eigenvalue weighted by Gasteiger charge is -2.09.